The summed E-state index contributed by atoms with van der Waals surface area (Å²) in [7, 11) is 0. The standard InChI is InChI=1S/C24H28N4OS/c1-4-29-19-12-10-18(11-13-19)27-15-7-9-21(27)23-22(20-8-5-6-14-25-20)26-24(30)28(23)16-17(2)3/h5-15,17,22-23H,4,16H2,1-3H3,(H,26,30)/t22-,23-/m0/s1. The molecule has 156 valence electrons. The lowest BCUT2D eigenvalue weighted by Gasteiger charge is -2.30. The van der Waals surface area contributed by atoms with E-state index in [1.54, 1.807) is 0 Å². The molecule has 3 heterocycles. The lowest BCUT2D eigenvalue weighted by Crippen LogP contribution is -2.33. The van der Waals surface area contributed by atoms with Gasteiger partial charge in [-0.05, 0) is 73.6 Å². The highest BCUT2D eigenvalue weighted by atomic mass is 32.1. The van der Waals surface area contributed by atoms with Crippen LogP contribution < -0.4 is 10.1 Å². The second-order valence-corrected chi connectivity index (χ2v) is 8.29. The third-order valence-corrected chi connectivity index (χ3v) is 5.62. The van der Waals surface area contributed by atoms with Crippen molar-refractivity contribution in [2.75, 3.05) is 13.2 Å². The van der Waals surface area contributed by atoms with Gasteiger partial charge in [-0.25, -0.2) is 0 Å². The van der Waals surface area contributed by atoms with Crippen LogP contribution in [0.3, 0.4) is 0 Å². The van der Waals surface area contributed by atoms with E-state index in [-0.39, 0.29) is 12.1 Å². The largest absolute Gasteiger partial charge is 0.494 e. The molecule has 0 spiro atoms. The summed E-state index contributed by atoms with van der Waals surface area (Å²) in [6, 6.07) is 18.6. The fourth-order valence-electron chi connectivity index (χ4n) is 4.06. The van der Waals surface area contributed by atoms with E-state index in [1.165, 1.54) is 5.69 Å². The van der Waals surface area contributed by atoms with Crippen LogP contribution in [-0.4, -0.2) is 32.7 Å². The minimum atomic E-state index is -0.00574. The van der Waals surface area contributed by atoms with Crippen molar-refractivity contribution in [1.29, 1.82) is 0 Å². The molecule has 0 bridgehead atoms. The van der Waals surface area contributed by atoms with Crippen LogP contribution in [0.25, 0.3) is 5.69 Å². The zero-order chi connectivity index (χ0) is 21.1. The molecule has 2 aromatic heterocycles. The minimum absolute atomic E-state index is 0.00574. The molecule has 1 fully saturated rings. The van der Waals surface area contributed by atoms with Crippen LogP contribution in [0.4, 0.5) is 0 Å². The topological polar surface area (TPSA) is 42.3 Å². The Bertz CT molecular complexity index is 984. The predicted molar refractivity (Wildman–Crippen MR) is 124 cm³/mol. The number of benzene rings is 1. The van der Waals surface area contributed by atoms with Gasteiger partial charge in [0.05, 0.1) is 24.4 Å². The molecule has 0 aliphatic carbocycles. The Balaban J connectivity index is 1.75. The lowest BCUT2D eigenvalue weighted by atomic mass is 10.0. The Kier molecular flexibility index (Phi) is 6.04. The molecule has 0 unspecified atom stereocenters. The molecule has 0 radical (unpaired) electrons. The summed E-state index contributed by atoms with van der Waals surface area (Å²) < 4.78 is 7.84. The van der Waals surface area contributed by atoms with E-state index < -0.39 is 0 Å². The van der Waals surface area contributed by atoms with Crippen LogP contribution >= 0.6 is 12.2 Å². The Morgan fingerprint density at radius 1 is 1.10 bits per heavy atom. The number of aromatic nitrogens is 2. The van der Waals surface area contributed by atoms with Crippen molar-refractivity contribution in [3.05, 3.63) is 78.4 Å². The zero-order valence-electron chi connectivity index (χ0n) is 17.7. The molecule has 1 aliphatic heterocycles. The quantitative estimate of drug-likeness (QED) is 0.551. The van der Waals surface area contributed by atoms with E-state index in [4.69, 9.17) is 17.0 Å². The first-order valence-electron chi connectivity index (χ1n) is 10.5. The first-order valence-corrected chi connectivity index (χ1v) is 10.9. The Labute approximate surface area is 183 Å². The van der Waals surface area contributed by atoms with Gasteiger partial charge in [0.1, 0.15) is 5.75 Å². The third kappa shape index (κ3) is 4.05. The van der Waals surface area contributed by atoms with Crippen molar-refractivity contribution in [3.63, 3.8) is 0 Å². The van der Waals surface area contributed by atoms with Crippen LogP contribution in [0.1, 0.15) is 44.2 Å². The van der Waals surface area contributed by atoms with Crippen LogP contribution in [-0.2, 0) is 0 Å². The molecular formula is C24H28N4OS. The first kappa shape index (κ1) is 20.4. The van der Waals surface area contributed by atoms with Crippen molar-refractivity contribution in [3.8, 4) is 11.4 Å². The zero-order valence-corrected chi connectivity index (χ0v) is 18.5. The van der Waals surface area contributed by atoms with Crippen molar-refractivity contribution in [2.45, 2.75) is 32.9 Å². The van der Waals surface area contributed by atoms with Gasteiger partial charge in [-0.15, -0.1) is 0 Å². The van der Waals surface area contributed by atoms with Gasteiger partial charge in [0.15, 0.2) is 5.11 Å². The molecule has 2 atom stereocenters. The van der Waals surface area contributed by atoms with Gasteiger partial charge in [-0.1, -0.05) is 19.9 Å². The number of pyridine rings is 1. The minimum Gasteiger partial charge on any atom is -0.494 e. The normalized spacial score (nSPS) is 18.7. The maximum atomic E-state index is 5.75. The average Bonchev–Trinajstić information content (AvgIpc) is 3.34. The highest BCUT2D eigenvalue weighted by molar-refractivity contribution is 7.80. The summed E-state index contributed by atoms with van der Waals surface area (Å²) in [6.07, 6.45) is 3.95. The van der Waals surface area contributed by atoms with Crippen molar-refractivity contribution in [2.24, 2.45) is 5.92 Å². The van der Waals surface area contributed by atoms with E-state index in [1.807, 2.05) is 37.4 Å². The fourth-order valence-corrected chi connectivity index (χ4v) is 4.37. The summed E-state index contributed by atoms with van der Waals surface area (Å²) in [5.41, 5.74) is 3.28. The van der Waals surface area contributed by atoms with Gasteiger partial charge >= 0.3 is 0 Å². The highest BCUT2D eigenvalue weighted by Crippen LogP contribution is 2.40. The number of nitrogens with one attached hydrogen (secondary N) is 1. The highest BCUT2D eigenvalue weighted by Gasteiger charge is 2.41. The molecule has 6 heteroatoms. The molecular weight excluding hydrogens is 392 g/mol. The lowest BCUT2D eigenvalue weighted by molar-refractivity contribution is 0.280. The van der Waals surface area contributed by atoms with E-state index >= 15 is 0 Å². The second-order valence-electron chi connectivity index (χ2n) is 7.90. The summed E-state index contributed by atoms with van der Waals surface area (Å²) in [5, 5.41) is 4.31. The van der Waals surface area contributed by atoms with Gasteiger partial charge in [0, 0.05) is 30.3 Å². The van der Waals surface area contributed by atoms with Crippen LogP contribution in [0.15, 0.2) is 67.0 Å². The van der Waals surface area contributed by atoms with Crippen molar-refractivity contribution < 1.29 is 4.74 Å². The summed E-state index contributed by atoms with van der Waals surface area (Å²) in [4.78, 5) is 6.93. The number of hydrogen-bond acceptors (Lipinski definition) is 3. The average molecular weight is 421 g/mol. The molecule has 1 aromatic carbocycles. The van der Waals surface area contributed by atoms with Gasteiger partial charge < -0.3 is 19.5 Å². The van der Waals surface area contributed by atoms with Gasteiger partial charge in [-0.2, -0.15) is 0 Å². The SMILES string of the molecule is CCOc1ccc(-n2cccc2[C@H]2[C@H](c3ccccn3)NC(=S)N2CC(C)C)cc1. The smallest absolute Gasteiger partial charge is 0.170 e. The predicted octanol–water partition coefficient (Wildman–Crippen LogP) is 4.90. The van der Waals surface area contributed by atoms with E-state index in [2.05, 4.69) is 70.1 Å². The Morgan fingerprint density at radius 2 is 1.90 bits per heavy atom. The van der Waals surface area contributed by atoms with Crippen molar-refractivity contribution >= 4 is 17.3 Å². The Hall–Kier alpha value is -2.86. The molecule has 0 amide bonds. The fraction of sp³-hybridized carbons (Fsp3) is 0.333. The van der Waals surface area contributed by atoms with Gasteiger partial charge in [0.25, 0.3) is 0 Å². The Morgan fingerprint density at radius 3 is 2.57 bits per heavy atom. The van der Waals surface area contributed by atoms with Crippen LogP contribution in [0, 0.1) is 5.92 Å². The van der Waals surface area contributed by atoms with E-state index in [0.717, 1.165) is 28.8 Å². The summed E-state index contributed by atoms with van der Waals surface area (Å²) in [5.74, 6) is 1.37. The number of thiocarbonyl (C=S) groups is 1. The third-order valence-electron chi connectivity index (χ3n) is 5.27. The maximum absolute atomic E-state index is 5.75. The van der Waals surface area contributed by atoms with Crippen LogP contribution in [0.5, 0.6) is 5.75 Å². The number of nitrogens with zero attached hydrogens (tertiary/aromatic N) is 3. The molecule has 3 aromatic rings. The van der Waals surface area contributed by atoms with Gasteiger partial charge in [0.2, 0.25) is 0 Å². The maximum Gasteiger partial charge on any atom is 0.170 e. The number of ether oxygens (including phenoxy) is 1. The molecule has 30 heavy (non-hydrogen) atoms. The molecule has 0 saturated carbocycles. The molecule has 4 rings (SSSR count). The van der Waals surface area contributed by atoms with Crippen LogP contribution in [0.2, 0.25) is 0 Å². The number of rotatable bonds is 7. The molecule has 5 nitrogen and oxygen atoms in total. The molecule has 1 aliphatic rings. The summed E-state index contributed by atoms with van der Waals surface area (Å²) >= 11 is 5.75. The summed E-state index contributed by atoms with van der Waals surface area (Å²) in [6.45, 7) is 7.98. The number of hydrogen-bond donors (Lipinski definition) is 1. The monoisotopic (exact) mass is 420 g/mol. The first-order chi connectivity index (χ1) is 14.6. The molecule has 1 saturated heterocycles. The van der Waals surface area contributed by atoms with E-state index in [0.29, 0.717) is 12.5 Å². The van der Waals surface area contributed by atoms with Crippen molar-refractivity contribution in [1.82, 2.24) is 19.8 Å². The van der Waals surface area contributed by atoms with E-state index in [9.17, 15) is 0 Å². The second kappa shape index (κ2) is 8.88. The van der Waals surface area contributed by atoms with Gasteiger partial charge in [-0.3, -0.25) is 4.98 Å². The molecule has 1 N–H and O–H groups in total.